The predicted octanol–water partition coefficient (Wildman–Crippen LogP) is 4.35. The van der Waals surface area contributed by atoms with E-state index in [2.05, 4.69) is 37.4 Å². The third kappa shape index (κ3) is 5.42. The van der Waals surface area contributed by atoms with Gasteiger partial charge in [0.05, 0.1) is 13.3 Å². The molecule has 0 unspecified atom stereocenters. The molecule has 1 N–H and O–H groups in total. The first kappa shape index (κ1) is 18.1. The number of nitrogens with zero attached hydrogens (tertiary/aromatic N) is 1. The van der Waals surface area contributed by atoms with Gasteiger partial charge in [-0.2, -0.15) is 5.10 Å². The molecule has 24 heavy (non-hydrogen) atoms. The highest BCUT2D eigenvalue weighted by molar-refractivity contribution is 8.00. The number of nitrogens with one attached hydrogen (secondary N) is 1. The summed E-state index contributed by atoms with van der Waals surface area (Å²) in [6.45, 7) is 6.49. The molecule has 0 aromatic heterocycles. The van der Waals surface area contributed by atoms with Gasteiger partial charge >= 0.3 is 0 Å². The molecule has 1 amide bonds. The van der Waals surface area contributed by atoms with Gasteiger partial charge in [-0.05, 0) is 30.3 Å². The van der Waals surface area contributed by atoms with Crippen LogP contribution in [0, 0.1) is 0 Å². The summed E-state index contributed by atoms with van der Waals surface area (Å²) in [6.07, 6.45) is 1.68. The summed E-state index contributed by atoms with van der Waals surface area (Å²) in [7, 11) is 1.59. The summed E-state index contributed by atoms with van der Waals surface area (Å²) >= 11 is 1.77. The van der Waals surface area contributed by atoms with Crippen molar-refractivity contribution in [3.63, 3.8) is 0 Å². The molecule has 0 spiro atoms. The van der Waals surface area contributed by atoms with Crippen molar-refractivity contribution in [3.8, 4) is 5.75 Å². The van der Waals surface area contributed by atoms with Gasteiger partial charge in [-0.25, -0.2) is 5.43 Å². The van der Waals surface area contributed by atoms with E-state index < -0.39 is 0 Å². The minimum Gasteiger partial charge on any atom is -0.497 e. The third-order valence-corrected chi connectivity index (χ3v) is 4.26. The van der Waals surface area contributed by atoms with E-state index in [1.807, 2.05) is 18.2 Å². The Bertz CT molecular complexity index is 719. The Morgan fingerprint density at radius 1 is 1.12 bits per heavy atom. The number of thioether (sulfide) groups is 1. The minimum absolute atomic E-state index is 0.107. The summed E-state index contributed by atoms with van der Waals surface area (Å²) in [5, 5.41) is 4.08. The number of benzene rings is 2. The van der Waals surface area contributed by atoms with E-state index >= 15 is 0 Å². The molecule has 2 rings (SSSR count). The topological polar surface area (TPSA) is 50.7 Å². The van der Waals surface area contributed by atoms with Crippen molar-refractivity contribution in [1.29, 1.82) is 0 Å². The zero-order chi connectivity index (χ0) is 17.6. The predicted molar refractivity (Wildman–Crippen MR) is 100 cm³/mol. The number of hydrogen-bond acceptors (Lipinski definition) is 4. The zero-order valence-corrected chi connectivity index (χ0v) is 15.2. The first-order valence-corrected chi connectivity index (χ1v) is 8.46. The lowest BCUT2D eigenvalue weighted by Crippen LogP contribution is -2.17. The van der Waals surface area contributed by atoms with Gasteiger partial charge in [-0.3, -0.25) is 4.79 Å². The average molecular weight is 342 g/mol. The van der Waals surface area contributed by atoms with E-state index in [0.29, 0.717) is 11.3 Å². The second-order valence-corrected chi connectivity index (χ2v) is 8.05. The number of amides is 1. The summed E-state index contributed by atoms with van der Waals surface area (Å²) in [6, 6.07) is 14.9. The molecule has 126 valence electrons. The van der Waals surface area contributed by atoms with Gasteiger partial charge in [0.2, 0.25) is 0 Å². The molecule has 2 aromatic carbocycles. The molecule has 4 nitrogen and oxygen atoms in total. The highest BCUT2D eigenvalue weighted by Gasteiger charge is 2.13. The number of carbonyl (C=O) groups is 1. The summed E-state index contributed by atoms with van der Waals surface area (Å²) in [4.78, 5) is 13.2. The fraction of sp³-hybridized carbons (Fsp3) is 0.263. The molecule has 0 aliphatic heterocycles. The first-order valence-electron chi connectivity index (χ1n) is 7.64. The first-order chi connectivity index (χ1) is 11.4. The van der Waals surface area contributed by atoms with E-state index in [9.17, 15) is 4.79 Å². The summed E-state index contributed by atoms with van der Waals surface area (Å²) < 4.78 is 5.18. The van der Waals surface area contributed by atoms with Crippen molar-refractivity contribution in [2.24, 2.45) is 5.10 Å². The SMILES string of the molecule is COc1ccc(C(=O)N/N=C/c2ccccc2SC(C)(C)C)cc1. The van der Waals surface area contributed by atoms with E-state index in [4.69, 9.17) is 4.74 Å². The number of methoxy groups -OCH3 is 1. The van der Waals surface area contributed by atoms with Gasteiger partial charge in [-0.15, -0.1) is 11.8 Å². The number of hydrogen-bond donors (Lipinski definition) is 1. The molecule has 0 bridgehead atoms. The molecule has 0 fully saturated rings. The van der Waals surface area contributed by atoms with Crippen molar-refractivity contribution in [2.75, 3.05) is 7.11 Å². The lowest BCUT2D eigenvalue weighted by atomic mass is 10.2. The molecule has 0 saturated heterocycles. The molecule has 0 heterocycles. The van der Waals surface area contributed by atoms with Crippen LogP contribution in [0.15, 0.2) is 58.5 Å². The fourth-order valence-corrected chi connectivity index (χ4v) is 3.02. The van der Waals surface area contributed by atoms with E-state index in [0.717, 1.165) is 10.5 Å². The van der Waals surface area contributed by atoms with Crippen LogP contribution in [0.5, 0.6) is 5.75 Å². The maximum absolute atomic E-state index is 12.1. The standard InChI is InChI=1S/C19H22N2O2S/c1-19(2,3)24-17-8-6-5-7-15(17)13-20-21-18(22)14-9-11-16(23-4)12-10-14/h5-13H,1-4H3,(H,21,22)/b20-13+. The van der Waals surface area contributed by atoms with Crippen molar-refractivity contribution in [3.05, 3.63) is 59.7 Å². The van der Waals surface area contributed by atoms with E-state index in [-0.39, 0.29) is 10.7 Å². The van der Waals surface area contributed by atoms with Crippen LogP contribution in [0.3, 0.4) is 0 Å². The molecule has 0 atom stereocenters. The maximum atomic E-state index is 12.1. The van der Waals surface area contributed by atoms with Crippen molar-refractivity contribution in [2.45, 2.75) is 30.4 Å². The highest BCUT2D eigenvalue weighted by atomic mass is 32.2. The lowest BCUT2D eigenvalue weighted by molar-refractivity contribution is 0.0955. The van der Waals surface area contributed by atoms with Crippen LogP contribution < -0.4 is 10.2 Å². The van der Waals surface area contributed by atoms with Gasteiger partial charge in [0.1, 0.15) is 5.75 Å². The molecule has 0 aliphatic rings. The number of hydrazone groups is 1. The quantitative estimate of drug-likeness (QED) is 0.499. The second kappa shape index (κ2) is 8.02. The normalized spacial score (nSPS) is 11.5. The van der Waals surface area contributed by atoms with Crippen LogP contribution in [-0.2, 0) is 0 Å². The van der Waals surface area contributed by atoms with E-state index in [1.165, 1.54) is 0 Å². The Balaban J connectivity index is 2.04. The van der Waals surface area contributed by atoms with Crippen LogP contribution in [0.1, 0.15) is 36.7 Å². The number of rotatable bonds is 5. The van der Waals surface area contributed by atoms with Crippen LogP contribution in [0.2, 0.25) is 0 Å². The Hall–Kier alpha value is -2.27. The molecular formula is C19H22N2O2S. The third-order valence-electron chi connectivity index (χ3n) is 3.06. The highest BCUT2D eigenvalue weighted by Crippen LogP contribution is 2.33. The summed E-state index contributed by atoms with van der Waals surface area (Å²) in [5.74, 6) is 0.457. The lowest BCUT2D eigenvalue weighted by Gasteiger charge is -2.18. The molecule has 5 heteroatoms. The molecule has 0 saturated carbocycles. The smallest absolute Gasteiger partial charge is 0.271 e. The number of carbonyl (C=O) groups excluding carboxylic acids is 1. The Morgan fingerprint density at radius 2 is 1.79 bits per heavy atom. The summed E-state index contributed by atoms with van der Waals surface area (Å²) in [5.41, 5.74) is 4.07. The van der Waals surface area contributed by atoms with Gasteiger partial charge < -0.3 is 4.74 Å². The number of ether oxygens (including phenoxy) is 1. The van der Waals surface area contributed by atoms with Crippen molar-refractivity contribution >= 4 is 23.9 Å². The average Bonchev–Trinajstić information content (AvgIpc) is 2.55. The molecule has 0 aliphatic carbocycles. The molecule has 2 aromatic rings. The van der Waals surface area contributed by atoms with Gasteiger partial charge in [0.15, 0.2) is 0 Å². The molecule has 0 radical (unpaired) electrons. The largest absolute Gasteiger partial charge is 0.497 e. The van der Waals surface area contributed by atoms with Crippen LogP contribution >= 0.6 is 11.8 Å². The Morgan fingerprint density at radius 3 is 2.42 bits per heavy atom. The van der Waals surface area contributed by atoms with Crippen molar-refractivity contribution < 1.29 is 9.53 Å². The van der Waals surface area contributed by atoms with Gasteiger partial charge in [0, 0.05) is 20.8 Å². The fourth-order valence-electron chi connectivity index (χ4n) is 1.98. The van der Waals surface area contributed by atoms with Gasteiger partial charge in [-0.1, -0.05) is 39.0 Å². The molecular weight excluding hydrogens is 320 g/mol. The van der Waals surface area contributed by atoms with Gasteiger partial charge in [0.25, 0.3) is 5.91 Å². The zero-order valence-electron chi connectivity index (χ0n) is 14.4. The van der Waals surface area contributed by atoms with Crippen LogP contribution in [0.4, 0.5) is 0 Å². The van der Waals surface area contributed by atoms with Crippen LogP contribution in [0.25, 0.3) is 0 Å². The Kier molecular flexibility index (Phi) is 6.04. The van der Waals surface area contributed by atoms with E-state index in [1.54, 1.807) is 49.4 Å². The second-order valence-electron chi connectivity index (χ2n) is 6.18. The Labute approximate surface area is 147 Å². The van der Waals surface area contributed by atoms with Crippen molar-refractivity contribution in [1.82, 2.24) is 5.43 Å². The maximum Gasteiger partial charge on any atom is 0.271 e. The van der Waals surface area contributed by atoms with Crippen LogP contribution in [-0.4, -0.2) is 24.0 Å². The minimum atomic E-state index is -0.255. The monoisotopic (exact) mass is 342 g/mol.